The third-order valence-electron chi connectivity index (χ3n) is 2.83. The summed E-state index contributed by atoms with van der Waals surface area (Å²) >= 11 is 0. The molecule has 1 fully saturated rings. The molecule has 0 aromatic heterocycles. The molecule has 2 rings (SSSR count). The Labute approximate surface area is 104 Å². The molecule has 1 aliphatic rings. The molecule has 1 aromatic carbocycles. The summed E-state index contributed by atoms with van der Waals surface area (Å²) in [6, 6.07) is 3.96. The minimum Gasteiger partial charge on any atom is -0.508 e. The number of rotatable bonds is 2. The number of nitrogens with two attached hydrogens (primary N) is 1. The monoisotopic (exact) mass is 250 g/mol. The van der Waals surface area contributed by atoms with Crippen molar-refractivity contribution in [3.8, 4) is 5.75 Å². The first-order chi connectivity index (χ1) is 8.52. The second-order valence-corrected chi connectivity index (χ2v) is 4.16. The maximum absolute atomic E-state index is 11.8. The van der Waals surface area contributed by atoms with Crippen LogP contribution < -0.4 is 10.6 Å². The molecule has 0 bridgehead atoms. The van der Waals surface area contributed by atoms with E-state index in [0.717, 1.165) is 0 Å². The molecule has 1 unspecified atom stereocenters. The zero-order valence-electron chi connectivity index (χ0n) is 9.92. The van der Waals surface area contributed by atoms with Crippen LogP contribution in [0.1, 0.15) is 16.8 Å². The van der Waals surface area contributed by atoms with Crippen molar-refractivity contribution in [2.24, 2.45) is 5.73 Å². The van der Waals surface area contributed by atoms with Gasteiger partial charge in [-0.05, 0) is 18.2 Å². The highest BCUT2D eigenvalue weighted by atomic mass is 16.5. The van der Waals surface area contributed by atoms with Gasteiger partial charge >= 0.3 is 5.97 Å². The van der Waals surface area contributed by atoms with Gasteiger partial charge in [0.2, 0.25) is 5.91 Å². The van der Waals surface area contributed by atoms with Crippen molar-refractivity contribution >= 4 is 17.6 Å². The predicted octanol–water partition coefficient (Wildman–Crippen LogP) is 0.243. The lowest BCUT2D eigenvalue weighted by molar-refractivity contribution is -0.117. The molecular formula is C12H14N2O4. The molecule has 0 aliphatic carbocycles. The van der Waals surface area contributed by atoms with Gasteiger partial charge in [-0.1, -0.05) is 0 Å². The number of phenols is 1. The highest BCUT2D eigenvalue weighted by Gasteiger charge is 2.31. The van der Waals surface area contributed by atoms with E-state index in [1.807, 2.05) is 0 Å². The molecule has 6 nitrogen and oxygen atoms in total. The maximum atomic E-state index is 11.8. The van der Waals surface area contributed by atoms with E-state index in [9.17, 15) is 14.7 Å². The average molecular weight is 250 g/mol. The van der Waals surface area contributed by atoms with Crippen molar-refractivity contribution in [3.63, 3.8) is 0 Å². The van der Waals surface area contributed by atoms with Crippen LogP contribution in [-0.4, -0.2) is 36.7 Å². The summed E-state index contributed by atoms with van der Waals surface area (Å²) in [6.45, 7) is 0.355. The third-order valence-corrected chi connectivity index (χ3v) is 2.83. The van der Waals surface area contributed by atoms with E-state index in [4.69, 9.17) is 5.73 Å². The van der Waals surface area contributed by atoms with E-state index >= 15 is 0 Å². The maximum Gasteiger partial charge on any atom is 0.340 e. The summed E-state index contributed by atoms with van der Waals surface area (Å²) in [4.78, 5) is 24.8. The number of phenolic OH excluding ortho intramolecular Hbond substituents is 1. The minimum atomic E-state index is -0.603. The van der Waals surface area contributed by atoms with Gasteiger partial charge in [-0.15, -0.1) is 0 Å². The summed E-state index contributed by atoms with van der Waals surface area (Å²) in [7, 11) is 1.24. The Morgan fingerprint density at radius 3 is 2.83 bits per heavy atom. The largest absolute Gasteiger partial charge is 0.508 e. The zero-order valence-corrected chi connectivity index (χ0v) is 9.92. The molecule has 0 spiro atoms. The molecule has 1 aliphatic heterocycles. The molecule has 1 atom stereocenters. The van der Waals surface area contributed by atoms with E-state index in [-0.39, 0.29) is 29.7 Å². The Balaban J connectivity index is 2.44. The molecule has 1 amide bonds. The number of carbonyl (C=O) groups excluding carboxylic acids is 2. The molecule has 0 saturated carbocycles. The average Bonchev–Trinajstić information content (AvgIpc) is 2.67. The van der Waals surface area contributed by atoms with Crippen LogP contribution in [0.5, 0.6) is 5.75 Å². The van der Waals surface area contributed by atoms with Gasteiger partial charge in [-0.25, -0.2) is 4.79 Å². The Kier molecular flexibility index (Phi) is 3.20. The quantitative estimate of drug-likeness (QED) is 0.733. The second-order valence-electron chi connectivity index (χ2n) is 4.16. The number of carbonyl (C=O) groups is 2. The fourth-order valence-electron chi connectivity index (χ4n) is 2.00. The Morgan fingerprint density at radius 2 is 2.28 bits per heavy atom. The Hall–Kier alpha value is -2.08. The van der Waals surface area contributed by atoms with Crippen molar-refractivity contribution in [2.75, 3.05) is 18.6 Å². The Bertz CT molecular complexity index is 501. The highest BCUT2D eigenvalue weighted by Crippen LogP contribution is 2.28. The van der Waals surface area contributed by atoms with Gasteiger partial charge in [0.25, 0.3) is 0 Å². The fraction of sp³-hybridized carbons (Fsp3) is 0.333. The van der Waals surface area contributed by atoms with Crippen LogP contribution in [0.3, 0.4) is 0 Å². The van der Waals surface area contributed by atoms with Crippen molar-refractivity contribution in [2.45, 2.75) is 12.5 Å². The SMILES string of the molecule is COC(=O)c1cc(O)ccc1N1CC(N)CC1=O. The first kappa shape index (κ1) is 12.4. The number of methoxy groups -OCH3 is 1. The van der Waals surface area contributed by atoms with Crippen LogP contribution >= 0.6 is 0 Å². The molecular weight excluding hydrogens is 236 g/mol. The first-order valence-electron chi connectivity index (χ1n) is 5.50. The molecule has 1 heterocycles. The van der Waals surface area contributed by atoms with Gasteiger partial charge in [0.1, 0.15) is 5.75 Å². The van der Waals surface area contributed by atoms with Crippen molar-refractivity contribution < 1.29 is 19.4 Å². The zero-order chi connectivity index (χ0) is 13.3. The number of hydrogen-bond acceptors (Lipinski definition) is 5. The van der Waals surface area contributed by atoms with Gasteiger partial charge in [-0.2, -0.15) is 0 Å². The summed E-state index contributed by atoms with van der Waals surface area (Å²) < 4.78 is 4.63. The second kappa shape index (κ2) is 4.66. The van der Waals surface area contributed by atoms with Crippen LogP contribution in [0.4, 0.5) is 5.69 Å². The molecule has 1 aromatic rings. The molecule has 3 N–H and O–H groups in total. The summed E-state index contributed by atoms with van der Waals surface area (Å²) in [6.07, 6.45) is 0.251. The third kappa shape index (κ3) is 2.14. The van der Waals surface area contributed by atoms with Crippen LogP contribution in [0.25, 0.3) is 0 Å². The van der Waals surface area contributed by atoms with Crippen LogP contribution in [0, 0.1) is 0 Å². The van der Waals surface area contributed by atoms with E-state index < -0.39 is 5.97 Å². The summed E-state index contributed by atoms with van der Waals surface area (Å²) in [5.74, 6) is -0.803. The number of amides is 1. The van der Waals surface area contributed by atoms with Gasteiger partial charge in [0, 0.05) is 19.0 Å². The number of ether oxygens (including phenoxy) is 1. The number of hydrogen-bond donors (Lipinski definition) is 2. The molecule has 96 valence electrons. The van der Waals surface area contributed by atoms with E-state index in [0.29, 0.717) is 12.2 Å². The summed E-state index contributed by atoms with van der Waals surface area (Å²) in [5, 5.41) is 9.41. The van der Waals surface area contributed by atoms with Crippen LogP contribution in [-0.2, 0) is 9.53 Å². The smallest absolute Gasteiger partial charge is 0.340 e. The number of aromatic hydroxyl groups is 1. The van der Waals surface area contributed by atoms with Gasteiger partial charge in [-0.3, -0.25) is 4.79 Å². The molecule has 18 heavy (non-hydrogen) atoms. The van der Waals surface area contributed by atoms with Crippen LogP contribution in [0.2, 0.25) is 0 Å². The highest BCUT2D eigenvalue weighted by molar-refractivity contribution is 6.04. The van der Waals surface area contributed by atoms with Gasteiger partial charge in [0.15, 0.2) is 0 Å². The summed E-state index contributed by atoms with van der Waals surface area (Å²) in [5.41, 5.74) is 6.28. The van der Waals surface area contributed by atoms with Gasteiger partial charge < -0.3 is 20.5 Å². The lowest BCUT2D eigenvalue weighted by Crippen LogP contribution is -2.29. The van der Waals surface area contributed by atoms with E-state index in [2.05, 4.69) is 4.74 Å². The first-order valence-corrected chi connectivity index (χ1v) is 5.50. The minimum absolute atomic E-state index is 0.0601. The number of benzene rings is 1. The van der Waals surface area contributed by atoms with Crippen molar-refractivity contribution in [1.82, 2.24) is 0 Å². The fourth-order valence-corrected chi connectivity index (χ4v) is 2.00. The number of anilines is 1. The molecule has 1 saturated heterocycles. The number of esters is 1. The lowest BCUT2D eigenvalue weighted by atomic mass is 10.1. The molecule has 0 radical (unpaired) electrons. The van der Waals surface area contributed by atoms with E-state index in [1.165, 1.54) is 30.2 Å². The standard InChI is InChI=1S/C12H14N2O4/c1-18-12(17)9-5-8(15)2-3-10(9)14-6-7(13)4-11(14)16/h2-3,5,7,15H,4,6,13H2,1H3. The van der Waals surface area contributed by atoms with Crippen LogP contribution in [0.15, 0.2) is 18.2 Å². The topological polar surface area (TPSA) is 92.9 Å². The molecule has 6 heteroatoms. The normalized spacial score (nSPS) is 19.1. The van der Waals surface area contributed by atoms with Crippen molar-refractivity contribution in [1.29, 1.82) is 0 Å². The Morgan fingerprint density at radius 1 is 1.56 bits per heavy atom. The van der Waals surface area contributed by atoms with Crippen molar-refractivity contribution in [3.05, 3.63) is 23.8 Å². The lowest BCUT2D eigenvalue weighted by Gasteiger charge is -2.19. The van der Waals surface area contributed by atoms with E-state index in [1.54, 1.807) is 0 Å². The number of nitrogens with zero attached hydrogens (tertiary/aromatic N) is 1. The van der Waals surface area contributed by atoms with Gasteiger partial charge in [0.05, 0.1) is 18.4 Å². The predicted molar refractivity (Wildman–Crippen MR) is 64.4 cm³/mol.